The predicted octanol–water partition coefficient (Wildman–Crippen LogP) is 14.5. The Morgan fingerprint density at radius 3 is 1.62 bits per heavy atom. The van der Waals surface area contributed by atoms with Gasteiger partial charge < -0.3 is 14.2 Å². The lowest BCUT2D eigenvalue weighted by Crippen LogP contribution is -2.17. The summed E-state index contributed by atoms with van der Waals surface area (Å²) in [7, 11) is 0. The molecule has 6 aromatic rings. The number of halogens is 4. The summed E-state index contributed by atoms with van der Waals surface area (Å²) in [6.45, 7) is 3.72. The molecule has 0 radical (unpaired) electrons. The topological polar surface area (TPSA) is 51.5 Å². The summed E-state index contributed by atoms with van der Waals surface area (Å²) in [6, 6.07) is 45.2. The second-order valence-electron chi connectivity index (χ2n) is 14.7. The van der Waals surface area contributed by atoms with Crippen LogP contribution in [0.2, 0.25) is 0 Å². The second-order valence-corrected chi connectivity index (χ2v) is 14.7. The lowest BCUT2D eigenvalue weighted by molar-refractivity contribution is -0.0498. The average molecular weight is 788 g/mol. The molecule has 0 bridgehead atoms. The largest absolute Gasteiger partial charge is 0.454 e. The fourth-order valence-electron chi connectivity index (χ4n) is 6.75. The molecule has 0 heterocycles. The van der Waals surface area contributed by atoms with E-state index in [9.17, 15) is 17.6 Å². The minimum atomic E-state index is -2.82. The quantitative estimate of drug-likeness (QED) is 0.0864. The van der Waals surface area contributed by atoms with Gasteiger partial charge >= 0.3 is 6.61 Å². The monoisotopic (exact) mass is 787 g/mol. The Balaban J connectivity index is 0.000000221. The number of hydrogen-bond acceptors (Lipinski definition) is 4. The first kappa shape index (κ1) is 43.1. The number of nitriles is 1. The zero-order valence-electron chi connectivity index (χ0n) is 33.1. The molecular formula is C50H49F4NO3. The third kappa shape index (κ3) is 13.3. The van der Waals surface area contributed by atoms with E-state index >= 15 is 0 Å². The number of benzene rings is 6. The van der Waals surface area contributed by atoms with E-state index in [-0.39, 0.29) is 34.3 Å². The van der Waals surface area contributed by atoms with Crippen molar-refractivity contribution in [1.29, 1.82) is 5.26 Å². The Hall–Kier alpha value is -6.07. The van der Waals surface area contributed by atoms with Crippen LogP contribution in [-0.2, 0) is 18.3 Å². The molecule has 0 saturated heterocycles. The number of aryl methyl sites for hydroxylation is 2. The van der Waals surface area contributed by atoms with Gasteiger partial charge in [0.1, 0.15) is 17.2 Å². The molecule has 0 amide bonds. The number of para-hydroxylation sites is 2. The fourth-order valence-corrected chi connectivity index (χ4v) is 6.75. The second kappa shape index (κ2) is 21.5. The molecule has 0 aliphatic carbocycles. The summed E-state index contributed by atoms with van der Waals surface area (Å²) in [5, 5.41) is 8.95. The molecule has 4 nitrogen and oxygen atoms in total. The van der Waals surface area contributed by atoms with Gasteiger partial charge in [-0.25, -0.2) is 8.78 Å². The molecule has 6 rings (SSSR count). The predicted molar refractivity (Wildman–Crippen MR) is 222 cm³/mol. The Kier molecular flexibility index (Phi) is 15.9. The van der Waals surface area contributed by atoms with Gasteiger partial charge in [0.05, 0.1) is 11.6 Å². The van der Waals surface area contributed by atoms with E-state index in [4.69, 9.17) is 14.7 Å². The molecule has 0 aliphatic heterocycles. The van der Waals surface area contributed by atoms with Gasteiger partial charge in [0.25, 0.3) is 0 Å². The van der Waals surface area contributed by atoms with Gasteiger partial charge in [-0.2, -0.15) is 14.0 Å². The fraction of sp³-hybridized carbons (Fsp3) is 0.260. The van der Waals surface area contributed by atoms with Crippen LogP contribution in [0, 0.1) is 23.0 Å². The SMILES string of the molecule is CC(C)(CCCc1ccc(F)c(Oc2ccccc2)c1)c1ccc(C#N)cc1.CCC(CCCc1ccc(F)c(Oc2ccccc2)c1)c1ccc(OC(F)F)cc1. The van der Waals surface area contributed by atoms with Gasteiger partial charge in [-0.15, -0.1) is 0 Å². The van der Waals surface area contributed by atoms with Crippen LogP contribution in [0.3, 0.4) is 0 Å². The van der Waals surface area contributed by atoms with E-state index in [2.05, 4.69) is 31.6 Å². The van der Waals surface area contributed by atoms with Crippen LogP contribution >= 0.6 is 0 Å². The van der Waals surface area contributed by atoms with Crippen LogP contribution in [0.15, 0.2) is 146 Å². The van der Waals surface area contributed by atoms with Crippen molar-refractivity contribution in [2.45, 2.75) is 83.7 Å². The highest BCUT2D eigenvalue weighted by atomic mass is 19.3. The number of rotatable bonds is 17. The number of hydrogen-bond donors (Lipinski definition) is 0. The molecule has 300 valence electrons. The molecule has 0 spiro atoms. The van der Waals surface area contributed by atoms with Gasteiger partial charge in [-0.1, -0.05) is 93.6 Å². The number of nitrogens with zero attached hydrogens (tertiary/aromatic N) is 1. The summed E-state index contributed by atoms with van der Waals surface area (Å²) in [5.41, 5.74) is 5.08. The summed E-state index contributed by atoms with van der Waals surface area (Å²) in [4.78, 5) is 0. The van der Waals surface area contributed by atoms with E-state index in [0.29, 0.717) is 23.0 Å². The summed E-state index contributed by atoms with van der Waals surface area (Å²) >= 11 is 0. The first-order valence-electron chi connectivity index (χ1n) is 19.6. The third-order valence-corrected chi connectivity index (χ3v) is 10.1. The summed E-state index contributed by atoms with van der Waals surface area (Å²) in [5.74, 6) is 1.45. The molecule has 8 heteroatoms. The maximum absolute atomic E-state index is 14.1. The van der Waals surface area contributed by atoms with Crippen molar-refractivity contribution in [2.24, 2.45) is 0 Å². The number of alkyl halides is 2. The minimum absolute atomic E-state index is 0.0113. The summed E-state index contributed by atoms with van der Waals surface area (Å²) < 4.78 is 68.6. The zero-order valence-corrected chi connectivity index (χ0v) is 33.1. The Morgan fingerprint density at radius 2 is 1.14 bits per heavy atom. The minimum Gasteiger partial charge on any atom is -0.454 e. The van der Waals surface area contributed by atoms with Gasteiger partial charge in [-0.3, -0.25) is 0 Å². The van der Waals surface area contributed by atoms with Crippen LogP contribution in [0.25, 0.3) is 0 Å². The van der Waals surface area contributed by atoms with Crippen molar-refractivity contribution < 1.29 is 31.8 Å². The first-order valence-corrected chi connectivity index (χ1v) is 19.6. The van der Waals surface area contributed by atoms with Crippen molar-refractivity contribution in [3.63, 3.8) is 0 Å². The molecule has 6 aromatic carbocycles. The normalized spacial score (nSPS) is 11.6. The number of ether oxygens (including phenoxy) is 3. The van der Waals surface area contributed by atoms with E-state index in [1.54, 1.807) is 42.5 Å². The Bertz CT molecular complexity index is 2190. The van der Waals surface area contributed by atoms with E-state index < -0.39 is 6.61 Å². The Labute approximate surface area is 339 Å². The summed E-state index contributed by atoms with van der Waals surface area (Å²) in [6.07, 6.45) is 6.43. The van der Waals surface area contributed by atoms with Crippen molar-refractivity contribution in [3.05, 3.63) is 185 Å². The maximum Gasteiger partial charge on any atom is 0.387 e. The van der Waals surface area contributed by atoms with E-state index in [1.165, 1.54) is 17.7 Å². The van der Waals surface area contributed by atoms with Gasteiger partial charge in [0.2, 0.25) is 0 Å². The van der Waals surface area contributed by atoms with Crippen LogP contribution < -0.4 is 14.2 Å². The molecule has 0 N–H and O–H groups in total. The highest BCUT2D eigenvalue weighted by Gasteiger charge is 2.20. The van der Waals surface area contributed by atoms with Crippen LogP contribution in [0.4, 0.5) is 17.6 Å². The lowest BCUT2D eigenvalue weighted by Gasteiger charge is -2.25. The van der Waals surface area contributed by atoms with Crippen LogP contribution in [0.1, 0.15) is 86.6 Å². The van der Waals surface area contributed by atoms with Crippen molar-refractivity contribution in [2.75, 3.05) is 0 Å². The van der Waals surface area contributed by atoms with E-state index in [1.807, 2.05) is 91.0 Å². The van der Waals surface area contributed by atoms with Gasteiger partial charge in [0.15, 0.2) is 23.1 Å². The average Bonchev–Trinajstić information content (AvgIpc) is 3.23. The Morgan fingerprint density at radius 1 is 0.621 bits per heavy atom. The molecule has 0 fully saturated rings. The molecule has 1 atom stereocenters. The molecule has 0 aromatic heterocycles. The van der Waals surface area contributed by atoms with Crippen molar-refractivity contribution in [3.8, 4) is 34.8 Å². The maximum atomic E-state index is 14.1. The molecule has 1 unspecified atom stereocenters. The smallest absolute Gasteiger partial charge is 0.387 e. The molecule has 0 saturated carbocycles. The van der Waals surface area contributed by atoms with Crippen LogP contribution in [0.5, 0.6) is 28.7 Å². The van der Waals surface area contributed by atoms with Gasteiger partial charge in [-0.05, 0) is 151 Å². The van der Waals surface area contributed by atoms with Crippen LogP contribution in [-0.4, -0.2) is 6.61 Å². The standard InChI is InChI=1S/C25H25F3O2.C25H24FNO/c1-2-19(20-12-14-22(15-13-20)30-25(27)28)8-6-7-18-11-16-23(26)24(17-18)29-21-9-4-3-5-10-21;1-25(2,21-13-10-20(18-27)11-14-21)16-6-7-19-12-15-23(26)24(17-19)28-22-8-4-3-5-9-22/h3-5,9-17,19,25H,2,6-8H2,1H3;3-5,8-15,17H,6-7,16H2,1-2H3. The van der Waals surface area contributed by atoms with Crippen molar-refractivity contribution >= 4 is 0 Å². The molecular weight excluding hydrogens is 739 g/mol. The van der Waals surface area contributed by atoms with E-state index in [0.717, 1.165) is 61.6 Å². The highest BCUT2D eigenvalue weighted by Crippen LogP contribution is 2.32. The molecule has 58 heavy (non-hydrogen) atoms. The molecule has 0 aliphatic rings. The first-order chi connectivity index (χ1) is 28.0. The lowest BCUT2D eigenvalue weighted by atomic mass is 9.79. The van der Waals surface area contributed by atoms with Gasteiger partial charge in [0, 0.05) is 0 Å². The highest BCUT2D eigenvalue weighted by molar-refractivity contribution is 5.38. The zero-order chi connectivity index (χ0) is 41.3. The third-order valence-electron chi connectivity index (χ3n) is 10.1. The van der Waals surface area contributed by atoms with Crippen molar-refractivity contribution in [1.82, 2.24) is 0 Å².